The minimum absolute atomic E-state index is 0.127. The van der Waals surface area contributed by atoms with Gasteiger partial charge in [0.2, 0.25) is 15.8 Å². The van der Waals surface area contributed by atoms with Crippen molar-refractivity contribution in [2.45, 2.75) is 76.8 Å². The molecule has 4 rings (SSSR count). The van der Waals surface area contributed by atoms with Gasteiger partial charge in [-0.25, -0.2) is 8.42 Å². The number of anilines is 1. The standard InChI is InChI=1S/C27H39ClN4O5S/c1-4-5-6-16-36-23-10-11-24(18-23)37-26-25(30-12-14-31(15-13-30)38(34,35)20(2)3)19-29-32(27(26)33)22-9-7-8-21(28)17-22/h7-9,17,19-20,23-24H,4-6,10-16,18H2,1-3H3/t23-,24-/m0/s1. The van der Waals surface area contributed by atoms with Crippen LogP contribution in [-0.2, 0) is 14.8 Å². The molecule has 1 saturated heterocycles. The van der Waals surface area contributed by atoms with Gasteiger partial charge >= 0.3 is 5.56 Å². The van der Waals surface area contributed by atoms with Crippen molar-refractivity contribution in [2.75, 3.05) is 37.7 Å². The highest BCUT2D eigenvalue weighted by atomic mass is 35.5. The van der Waals surface area contributed by atoms with Crippen molar-refractivity contribution in [3.05, 3.63) is 45.8 Å². The van der Waals surface area contributed by atoms with Gasteiger partial charge in [-0.3, -0.25) is 4.79 Å². The fourth-order valence-corrected chi connectivity index (χ4v) is 6.42. The largest absolute Gasteiger partial charge is 0.483 e. The number of ether oxygens (including phenoxy) is 2. The Labute approximate surface area is 230 Å². The number of sulfonamides is 1. The number of unbranched alkanes of at least 4 members (excludes halogenated alkanes) is 2. The smallest absolute Gasteiger partial charge is 0.316 e. The number of aromatic nitrogens is 2. The lowest BCUT2D eigenvalue weighted by Gasteiger charge is -2.36. The molecule has 38 heavy (non-hydrogen) atoms. The summed E-state index contributed by atoms with van der Waals surface area (Å²) < 4.78 is 40.6. The Kier molecular flexibility index (Phi) is 9.73. The Hall–Kier alpha value is -2.14. The Balaban J connectivity index is 1.56. The number of nitrogens with zero attached hydrogens (tertiary/aromatic N) is 4. The van der Waals surface area contributed by atoms with Crippen LogP contribution in [0, 0.1) is 0 Å². The second-order valence-electron chi connectivity index (χ2n) is 10.3. The highest BCUT2D eigenvalue weighted by molar-refractivity contribution is 7.89. The zero-order valence-electron chi connectivity index (χ0n) is 22.5. The summed E-state index contributed by atoms with van der Waals surface area (Å²) in [6.45, 7) is 7.87. The van der Waals surface area contributed by atoms with Gasteiger partial charge in [0.05, 0.1) is 23.2 Å². The van der Waals surface area contributed by atoms with E-state index in [1.807, 2.05) is 4.90 Å². The van der Waals surface area contributed by atoms with Crippen LogP contribution >= 0.6 is 11.6 Å². The highest BCUT2D eigenvalue weighted by Gasteiger charge is 2.33. The molecule has 2 heterocycles. The molecule has 1 aliphatic carbocycles. The van der Waals surface area contributed by atoms with E-state index in [4.69, 9.17) is 21.1 Å². The number of piperazine rings is 1. The Morgan fingerprint density at radius 1 is 1.11 bits per heavy atom. The second kappa shape index (κ2) is 12.8. The van der Waals surface area contributed by atoms with Crippen LogP contribution in [0.3, 0.4) is 0 Å². The molecule has 1 saturated carbocycles. The topological polar surface area (TPSA) is 94.0 Å². The van der Waals surface area contributed by atoms with Crippen molar-refractivity contribution in [2.24, 2.45) is 0 Å². The third-order valence-electron chi connectivity index (χ3n) is 7.22. The third kappa shape index (κ3) is 6.70. The van der Waals surface area contributed by atoms with Crippen molar-refractivity contribution < 1.29 is 17.9 Å². The summed E-state index contributed by atoms with van der Waals surface area (Å²) in [7, 11) is -3.34. The van der Waals surface area contributed by atoms with E-state index < -0.39 is 15.3 Å². The van der Waals surface area contributed by atoms with Gasteiger partial charge in [-0.15, -0.1) is 0 Å². The van der Waals surface area contributed by atoms with Crippen LogP contribution in [0.1, 0.15) is 59.3 Å². The zero-order valence-corrected chi connectivity index (χ0v) is 24.1. The lowest BCUT2D eigenvalue weighted by Crippen LogP contribution is -2.50. The van der Waals surface area contributed by atoms with Gasteiger partial charge in [-0.05, 0) is 51.3 Å². The van der Waals surface area contributed by atoms with Crippen LogP contribution in [-0.4, -0.2) is 72.7 Å². The van der Waals surface area contributed by atoms with Crippen LogP contribution in [0.25, 0.3) is 5.69 Å². The van der Waals surface area contributed by atoms with Crippen molar-refractivity contribution >= 4 is 27.3 Å². The van der Waals surface area contributed by atoms with Crippen molar-refractivity contribution in [3.63, 3.8) is 0 Å². The first-order chi connectivity index (χ1) is 18.2. The van der Waals surface area contributed by atoms with E-state index >= 15 is 0 Å². The first-order valence-corrected chi connectivity index (χ1v) is 15.5. The van der Waals surface area contributed by atoms with Gasteiger partial charge in [0, 0.05) is 44.2 Å². The molecule has 9 nitrogen and oxygen atoms in total. The summed E-state index contributed by atoms with van der Waals surface area (Å²) >= 11 is 6.18. The van der Waals surface area contributed by atoms with Crippen molar-refractivity contribution in [3.8, 4) is 11.4 Å². The van der Waals surface area contributed by atoms with Gasteiger partial charge in [0.25, 0.3) is 0 Å². The van der Waals surface area contributed by atoms with E-state index in [0.717, 1.165) is 45.1 Å². The van der Waals surface area contributed by atoms with Gasteiger partial charge < -0.3 is 14.4 Å². The van der Waals surface area contributed by atoms with Crippen molar-refractivity contribution in [1.29, 1.82) is 0 Å². The van der Waals surface area contributed by atoms with Crippen molar-refractivity contribution in [1.82, 2.24) is 14.1 Å². The molecule has 0 radical (unpaired) electrons. The maximum Gasteiger partial charge on any atom is 0.316 e. The first-order valence-electron chi connectivity index (χ1n) is 13.6. The lowest BCUT2D eigenvalue weighted by molar-refractivity contribution is 0.0474. The van der Waals surface area contributed by atoms with Gasteiger partial charge in [0.1, 0.15) is 11.8 Å². The fourth-order valence-electron chi connectivity index (χ4n) is 4.97. The first kappa shape index (κ1) is 28.9. The molecule has 1 aromatic carbocycles. The van der Waals surface area contributed by atoms with E-state index in [1.54, 1.807) is 44.3 Å². The number of hydrogen-bond donors (Lipinski definition) is 0. The number of rotatable bonds is 11. The fraction of sp³-hybridized carbons (Fsp3) is 0.630. The summed E-state index contributed by atoms with van der Waals surface area (Å²) in [6.07, 6.45) is 7.40. The molecule has 0 amide bonds. The van der Waals surface area contributed by atoms with E-state index in [1.165, 1.54) is 8.99 Å². The van der Waals surface area contributed by atoms with E-state index in [9.17, 15) is 13.2 Å². The molecule has 2 atom stereocenters. The van der Waals surface area contributed by atoms with Gasteiger partial charge in [-0.2, -0.15) is 14.1 Å². The Morgan fingerprint density at radius 2 is 1.84 bits per heavy atom. The number of benzene rings is 1. The Bertz CT molecular complexity index is 1240. The number of hydrogen-bond acceptors (Lipinski definition) is 7. The average molecular weight is 567 g/mol. The maximum absolute atomic E-state index is 13.7. The summed E-state index contributed by atoms with van der Waals surface area (Å²) in [5, 5.41) is 4.46. The molecule has 0 bridgehead atoms. The molecule has 0 N–H and O–H groups in total. The minimum atomic E-state index is -3.34. The van der Waals surface area contributed by atoms with Crippen LogP contribution in [0.5, 0.6) is 5.75 Å². The van der Waals surface area contributed by atoms with E-state index in [0.29, 0.717) is 42.6 Å². The third-order valence-corrected chi connectivity index (χ3v) is 9.74. The monoisotopic (exact) mass is 566 g/mol. The molecule has 2 fully saturated rings. The molecule has 0 unspecified atom stereocenters. The SMILES string of the molecule is CCCCCO[C@H]1CC[C@H](Oc2c(N3CCN(S(=O)(=O)C(C)C)CC3)cnn(-c3cccc(Cl)c3)c2=O)C1. The maximum atomic E-state index is 13.7. The molecule has 210 valence electrons. The predicted octanol–water partition coefficient (Wildman–Crippen LogP) is 4.25. The van der Waals surface area contributed by atoms with Gasteiger partial charge in [0.15, 0.2) is 0 Å². The van der Waals surface area contributed by atoms with Crippen LogP contribution in [0.4, 0.5) is 5.69 Å². The molecular weight excluding hydrogens is 528 g/mol. The average Bonchev–Trinajstić information content (AvgIpc) is 3.35. The highest BCUT2D eigenvalue weighted by Crippen LogP contribution is 2.32. The minimum Gasteiger partial charge on any atom is -0.483 e. The molecule has 0 spiro atoms. The molecule has 1 aliphatic heterocycles. The summed E-state index contributed by atoms with van der Waals surface area (Å²) in [5.41, 5.74) is 0.770. The second-order valence-corrected chi connectivity index (χ2v) is 13.2. The van der Waals surface area contributed by atoms with Crippen LogP contribution in [0.2, 0.25) is 5.02 Å². The van der Waals surface area contributed by atoms with Crippen LogP contribution < -0.4 is 15.2 Å². The zero-order chi connectivity index (χ0) is 27.3. The molecular formula is C27H39ClN4O5S. The molecule has 11 heteroatoms. The van der Waals surface area contributed by atoms with Crippen LogP contribution in [0.15, 0.2) is 35.3 Å². The lowest BCUT2D eigenvalue weighted by atomic mass is 10.2. The molecule has 2 aliphatic rings. The van der Waals surface area contributed by atoms with Gasteiger partial charge in [-0.1, -0.05) is 37.4 Å². The van der Waals surface area contributed by atoms with E-state index in [2.05, 4.69) is 12.0 Å². The summed E-state index contributed by atoms with van der Waals surface area (Å²) in [5.74, 6) is 0.233. The number of halogens is 1. The summed E-state index contributed by atoms with van der Waals surface area (Å²) in [6, 6.07) is 6.97. The molecule has 1 aromatic heterocycles. The Morgan fingerprint density at radius 3 is 2.53 bits per heavy atom. The predicted molar refractivity (Wildman–Crippen MR) is 150 cm³/mol. The summed E-state index contributed by atoms with van der Waals surface area (Å²) in [4.78, 5) is 15.7. The van der Waals surface area contributed by atoms with E-state index in [-0.39, 0.29) is 23.5 Å². The quantitative estimate of drug-likeness (QED) is 0.375. The molecule has 2 aromatic rings. The normalized spacial score (nSPS) is 20.8.